The molecule has 0 atom stereocenters. The second kappa shape index (κ2) is 5.54. The maximum atomic E-state index is 11.9. The number of nitrogens with one attached hydrogen (secondary N) is 3. The molecule has 1 aromatic carbocycles. The molecule has 0 bridgehead atoms. The molecule has 0 aliphatic rings. The van der Waals surface area contributed by atoms with Gasteiger partial charge in [-0.2, -0.15) is 5.10 Å². The number of urea groups is 1. The van der Waals surface area contributed by atoms with Gasteiger partial charge in [-0.1, -0.05) is 44.5 Å². The van der Waals surface area contributed by atoms with E-state index in [1.54, 1.807) is 24.3 Å². The zero-order valence-electron chi connectivity index (χ0n) is 11.6. The lowest BCUT2D eigenvalue weighted by Crippen LogP contribution is -2.19. The van der Waals surface area contributed by atoms with Crippen LogP contribution in [0.15, 0.2) is 30.3 Å². The number of aromatic amines is 1. The predicted molar refractivity (Wildman–Crippen MR) is 81.4 cm³/mol. The highest BCUT2D eigenvalue weighted by atomic mass is 35.5. The van der Waals surface area contributed by atoms with Crippen LogP contribution in [0.1, 0.15) is 26.5 Å². The normalized spacial score (nSPS) is 11.2. The van der Waals surface area contributed by atoms with Crippen LogP contribution in [-0.4, -0.2) is 16.2 Å². The van der Waals surface area contributed by atoms with Gasteiger partial charge in [0.25, 0.3) is 0 Å². The summed E-state index contributed by atoms with van der Waals surface area (Å²) in [4.78, 5) is 11.9. The number of aromatic nitrogens is 2. The van der Waals surface area contributed by atoms with Gasteiger partial charge in [0.15, 0.2) is 5.82 Å². The van der Waals surface area contributed by atoms with Crippen LogP contribution < -0.4 is 10.6 Å². The lowest BCUT2D eigenvalue weighted by molar-refractivity contribution is 0.262. The van der Waals surface area contributed by atoms with Gasteiger partial charge in [0.1, 0.15) is 0 Å². The van der Waals surface area contributed by atoms with Gasteiger partial charge in [-0.3, -0.25) is 10.4 Å². The first-order valence-electron chi connectivity index (χ1n) is 6.25. The summed E-state index contributed by atoms with van der Waals surface area (Å²) in [6.07, 6.45) is 0. The van der Waals surface area contributed by atoms with E-state index in [4.69, 9.17) is 11.6 Å². The van der Waals surface area contributed by atoms with Gasteiger partial charge in [0.05, 0.1) is 10.7 Å². The van der Waals surface area contributed by atoms with Crippen molar-refractivity contribution in [3.8, 4) is 0 Å². The van der Waals surface area contributed by atoms with Crippen LogP contribution in [0.25, 0.3) is 0 Å². The molecule has 3 N–H and O–H groups in total. The van der Waals surface area contributed by atoms with E-state index in [0.29, 0.717) is 16.5 Å². The molecule has 6 heteroatoms. The largest absolute Gasteiger partial charge is 0.324 e. The monoisotopic (exact) mass is 292 g/mol. The topological polar surface area (TPSA) is 69.8 Å². The SMILES string of the molecule is CC(C)(C)c1cc(NC(=O)Nc2ccccc2Cl)n[nH]1. The van der Waals surface area contributed by atoms with Crippen LogP contribution >= 0.6 is 11.6 Å². The van der Waals surface area contributed by atoms with Crippen LogP contribution in [0.4, 0.5) is 16.3 Å². The molecule has 106 valence electrons. The number of carbonyl (C=O) groups excluding carboxylic acids is 1. The number of hydrogen-bond acceptors (Lipinski definition) is 2. The molecule has 0 aliphatic carbocycles. The summed E-state index contributed by atoms with van der Waals surface area (Å²) >= 11 is 5.97. The van der Waals surface area contributed by atoms with Gasteiger partial charge in [-0.25, -0.2) is 4.79 Å². The Bertz CT molecular complexity index is 616. The number of para-hydroxylation sites is 1. The molecule has 20 heavy (non-hydrogen) atoms. The third kappa shape index (κ3) is 3.51. The van der Waals surface area contributed by atoms with Crippen LogP contribution in [0.3, 0.4) is 0 Å². The molecule has 0 unspecified atom stereocenters. The first kappa shape index (κ1) is 14.4. The van der Waals surface area contributed by atoms with Crippen molar-refractivity contribution < 1.29 is 4.79 Å². The van der Waals surface area contributed by atoms with E-state index in [1.165, 1.54) is 0 Å². The lowest BCUT2D eigenvalue weighted by atomic mass is 9.92. The summed E-state index contributed by atoms with van der Waals surface area (Å²) < 4.78 is 0. The fourth-order valence-corrected chi connectivity index (χ4v) is 1.79. The summed E-state index contributed by atoms with van der Waals surface area (Å²) in [5.74, 6) is 0.472. The maximum absolute atomic E-state index is 11.9. The van der Waals surface area contributed by atoms with Crippen molar-refractivity contribution in [1.29, 1.82) is 0 Å². The summed E-state index contributed by atoms with van der Waals surface area (Å²) in [7, 11) is 0. The van der Waals surface area contributed by atoms with Crippen molar-refractivity contribution in [2.75, 3.05) is 10.6 Å². The maximum Gasteiger partial charge on any atom is 0.324 e. The van der Waals surface area contributed by atoms with Crippen molar-refractivity contribution in [2.24, 2.45) is 0 Å². The van der Waals surface area contributed by atoms with E-state index in [9.17, 15) is 4.79 Å². The average molecular weight is 293 g/mol. The van der Waals surface area contributed by atoms with E-state index in [2.05, 4.69) is 41.6 Å². The highest BCUT2D eigenvalue weighted by molar-refractivity contribution is 6.33. The summed E-state index contributed by atoms with van der Waals surface area (Å²) in [6, 6.07) is 8.47. The molecule has 0 saturated carbocycles. The molecule has 2 rings (SSSR count). The quantitative estimate of drug-likeness (QED) is 0.783. The van der Waals surface area contributed by atoms with Crippen LogP contribution in [-0.2, 0) is 5.41 Å². The Balaban J connectivity index is 2.02. The number of carbonyl (C=O) groups is 1. The van der Waals surface area contributed by atoms with Crippen LogP contribution in [0.5, 0.6) is 0 Å². The number of halogens is 1. The number of benzene rings is 1. The molecule has 0 aliphatic heterocycles. The first-order valence-corrected chi connectivity index (χ1v) is 6.62. The van der Waals surface area contributed by atoms with Crippen LogP contribution in [0.2, 0.25) is 5.02 Å². The Labute approximate surface area is 122 Å². The molecule has 1 heterocycles. The molecule has 0 spiro atoms. The van der Waals surface area contributed by atoms with E-state index in [0.717, 1.165) is 5.69 Å². The molecule has 5 nitrogen and oxygen atoms in total. The fourth-order valence-electron chi connectivity index (χ4n) is 1.60. The lowest BCUT2D eigenvalue weighted by Gasteiger charge is -2.14. The number of anilines is 2. The zero-order chi connectivity index (χ0) is 14.8. The molecule has 0 fully saturated rings. The minimum absolute atomic E-state index is 0.0495. The second-order valence-electron chi connectivity index (χ2n) is 5.48. The number of rotatable bonds is 2. The highest BCUT2D eigenvalue weighted by Gasteiger charge is 2.17. The Morgan fingerprint density at radius 1 is 1.25 bits per heavy atom. The minimum atomic E-state index is -0.384. The van der Waals surface area contributed by atoms with Gasteiger partial charge in [0.2, 0.25) is 0 Å². The highest BCUT2D eigenvalue weighted by Crippen LogP contribution is 2.23. The Morgan fingerprint density at radius 2 is 1.95 bits per heavy atom. The fraction of sp³-hybridized carbons (Fsp3) is 0.286. The summed E-state index contributed by atoms with van der Waals surface area (Å²) in [5, 5.41) is 12.8. The zero-order valence-corrected chi connectivity index (χ0v) is 12.4. The van der Waals surface area contributed by atoms with Crippen LogP contribution in [0, 0.1) is 0 Å². The van der Waals surface area contributed by atoms with Crippen molar-refractivity contribution in [3.05, 3.63) is 41.0 Å². The third-order valence-electron chi connectivity index (χ3n) is 2.75. The molecule has 0 radical (unpaired) electrons. The second-order valence-corrected chi connectivity index (χ2v) is 5.88. The predicted octanol–water partition coefficient (Wildman–Crippen LogP) is 4.00. The standard InChI is InChI=1S/C14H17ClN4O/c1-14(2,3)11-8-12(19-18-11)17-13(20)16-10-7-5-4-6-9(10)15/h4-8H,1-3H3,(H3,16,17,18,19,20). The van der Waals surface area contributed by atoms with Gasteiger partial charge < -0.3 is 5.32 Å². The van der Waals surface area contributed by atoms with Gasteiger partial charge in [0, 0.05) is 17.2 Å². The van der Waals surface area contributed by atoms with Crippen molar-refractivity contribution in [2.45, 2.75) is 26.2 Å². The van der Waals surface area contributed by atoms with E-state index < -0.39 is 0 Å². The summed E-state index contributed by atoms with van der Waals surface area (Å²) in [5.41, 5.74) is 1.45. The first-order chi connectivity index (χ1) is 9.36. The number of nitrogens with zero attached hydrogens (tertiary/aromatic N) is 1. The molecular formula is C14H17ClN4O. The van der Waals surface area contributed by atoms with E-state index in [1.807, 2.05) is 6.07 Å². The Kier molecular flexibility index (Phi) is 3.99. The van der Waals surface area contributed by atoms with Gasteiger partial charge in [-0.15, -0.1) is 0 Å². The van der Waals surface area contributed by atoms with Crippen molar-refractivity contribution in [3.63, 3.8) is 0 Å². The van der Waals surface area contributed by atoms with Gasteiger partial charge >= 0.3 is 6.03 Å². The summed E-state index contributed by atoms with van der Waals surface area (Å²) in [6.45, 7) is 6.19. The number of hydrogen-bond donors (Lipinski definition) is 3. The number of amides is 2. The molecule has 2 amide bonds. The van der Waals surface area contributed by atoms with Crippen molar-refractivity contribution >= 4 is 29.1 Å². The smallest absolute Gasteiger partial charge is 0.306 e. The third-order valence-corrected chi connectivity index (χ3v) is 3.08. The van der Waals surface area contributed by atoms with Crippen molar-refractivity contribution in [1.82, 2.24) is 10.2 Å². The van der Waals surface area contributed by atoms with E-state index >= 15 is 0 Å². The molecule has 2 aromatic rings. The minimum Gasteiger partial charge on any atom is -0.306 e. The molecule has 0 saturated heterocycles. The average Bonchev–Trinajstić information content (AvgIpc) is 2.80. The molecule has 1 aromatic heterocycles. The van der Waals surface area contributed by atoms with Gasteiger partial charge in [-0.05, 0) is 12.1 Å². The van der Waals surface area contributed by atoms with E-state index in [-0.39, 0.29) is 11.4 Å². The Morgan fingerprint density at radius 3 is 2.55 bits per heavy atom. The number of H-pyrrole nitrogens is 1. The molecular weight excluding hydrogens is 276 g/mol. The Hall–Kier alpha value is -2.01.